The molecule has 0 spiro atoms. The van der Waals surface area contributed by atoms with Gasteiger partial charge in [0.15, 0.2) is 0 Å². The second kappa shape index (κ2) is 8.93. The first-order valence-corrected chi connectivity index (χ1v) is 9.60. The largest absolute Gasteiger partial charge is 0.375 e. The molecule has 4 rings (SSSR count). The summed E-state index contributed by atoms with van der Waals surface area (Å²) < 4.78 is 10.4. The number of anilines is 1. The Labute approximate surface area is 168 Å². The summed E-state index contributed by atoms with van der Waals surface area (Å²) in [6.45, 7) is 1.86. The number of aromatic nitrogens is 3. The standard InChI is InChI=1S/C21H23N5O3/c1-28-14-19(27)23-18-10-9-16(12-22-18)20-24-21(29-25-20)17-8-5-11-26(17)13-15-6-3-2-4-7-15/h2-4,6-7,9-10,12,17H,5,8,11,13-14H2,1H3,(H,22,23,27). The number of nitrogens with one attached hydrogen (secondary N) is 1. The Morgan fingerprint density at radius 3 is 2.90 bits per heavy atom. The predicted octanol–water partition coefficient (Wildman–Crippen LogP) is 3.05. The van der Waals surface area contributed by atoms with Crippen LogP contribution in [0.3, 0.4) is 0 Å². The van der Waals surface area contributed by atoms with Crippen LogP contribution in [0.5, 0.6) is 0 Å². The van der Waals surface area contributed by atoms with E-state index in [9.17, 15) is 4.79 Å². The minimum Gasteiger partial charge on any atom is -0.375 e. The summed E-state index contributed by atoms with van der Waals surface area (Å²) in [7, 11) is 1.47. The number of hydrogen-bond acceptors (Lipinski definition) is 7. The molecule has 1 atom stereocenters. The van der Waals surface area contributed by atoms with Crippen LogP contribution in [-0.2, 0) is 16.1 Å². The molecule has 29 heavy (non-hydrogen) atoms. The van der Waals surface area contributed by atoms with E-state index in [1.165, 1.54) is 12.7 Å². The summed E-state index contributed by atoms with van der Waals surface area (Å²) in [4.78, 5) is 22.8. The van der Waals surface area contributed by atoms with Crippen molar-refractivity contribution < 1.29 is 14.1 Å². The van der Waals surface area contributed by atoms with E-state index in [4.69, 9.17) is 9.26 Å². The molecule has 0 saturated carbocycles. The third-order valence-electron chi connectivity index (χ3n) is 4.88. The Kier molecular flexibility index (Phi) is 5.92. The third-order valence-corrected chi connectivity index (χ3v) is 4.88. The lowest BCUT2D eigenvalue weighted by molar-refractivity contribution is -0.119. The van der Waals surface area contributed by atoms with Gasteiger partial charge in [0.05, 0.1) is 6.04 Å². The number of rotatable bonds is 7. The quantitative estimate of drug-likeness (QED) is 0.659. The number of carbonyl (C=O) groups is 1. The van der Waals surface area contributed by atoms with Crippen molar-refractivity contribution in [3.8, 4) is 11.4 Å². The fourth-order valence-corrected chi connectivity index (χ4v) is 3.51. The van der Waals surface area contributed by atoms with Crippen molar-refractivity contribution in [1.29, 1.82) is 0 Å². The van der Waals surface area contributed by atoms with Crippen LogP contribution < -0.4 is 5.32 Å². The molecule has 3 heterocycles. The van der Waals surface area contributed by atoms with E-state index in [-0.39, 0.29) is 18.6 Å². The second-order valence-electron chi connectivity index (χ2n) is 6.98. The molecule has 150 valence electrons. The van der Waals surface area contributed by atoms with Gasteiger partial charge in [-0.3, -0.25) is 9.69 Å². The maximum Gasteiger partial charge on any atom is 0.251 e. The third kappa shape index (κ3) is 4.67. The van der Waals surface area contributed by atoms with E-state index >= 15 is 0 Å². The van der Waals surface area contributed by atoms with Crippen molar-refractivity contribution in [2.75, 3.05) is 25.6 Å². The number of pyridine rings is 1. The summed E-state index contributed by atoms with van der Waals surface area (Å²) in [6, 6.07) is 14.0. The Hall–Kier alpha value is -3.10. The number of hydrogen-bond donors (Lipinski definition) is 1. The molecule has 8 heteroatoms. The first kappa shape index (κ1) is 19.2. The van der Waals surface area contributed by atoms with Crippen LogP contribution in [0.4, 0.5) is 5.82 Å². The summed E-state index contributed by atoms with van der Waals surface area (Å²) in [5.74, 6) is 1.32. The Morgan fingerprint density at radius 1 is 1.28 bits per heavy atom. The number of methoxy groups -OCH3 is 1. The number of likely N-dealkylation sites (tertiary alicyclic amines) is 1. The maximum absolute atomic E-state index is 11.6. The van der Waals surface area contributed by atoms with Gasteiger partial charge in [0, 0.05) is 25.4 Å². The van der Waals surface area contributed by atoms with Crippen LogP contribution in [0.2, 0.25) is 0 Å². The summed E-state index contributed by atoms with van der Waals surface area (Å²) >= 11 is 0. The molecule has 1 N–H and O–H groups in total. The maximum atomic E-state index is 11.6. The lowest BCUT2D eigenvalue weighted by atomic mass is 10.2. The minimum atomic E-state index is -0.255. The predicted molar refractivity (Wildman–Crippen MR) is 107 cm³/mol. The Balaban J connectivity index is 1.44. The topological polar surface area (TPSA) is 93.4 Å². The molecule has 3 aromatic rings. The molecule has 0 radical (unpaired) electrons. The second-order valence-corrected chi connectivity index (χ2v) is 6.98. The number of ether oxygens (including phenoxy) is 1. The van der Waals surface area contributed by atoms with E-state index in [0.29, 0.717) is 17.5 Å². The molecule has 1 aromatic carbocycles. The molecule has 0 aliphatic carbocycles. The van der Waals surface area contributed by atoms with Gasteiger partial charge in [0.2, 0.25) is 11.7 Å². The van der Waals surface area contributed by atoms with E-state index in [0.717, 1.165) is 31.5 Å². The number of benzene rings is 1. The molecular weight excluding hydrogens is 370 g/mol. The lowest BCUT2D eigenvalue weighted by Gasteiger charge is -2.21. The summed E-state index contributed by atoms with van der Waals surface area (Å²) in [5.41, 5.74) is 2.01. The molecule has 8 nitrogen and oxygen atoms in total. The van der Waals surface area contributed by atoms with Gasteiger partial charge in [-0.2, -0.15) is 4.98 Å². The molecule has 0 bridgehead atoms. The average molecular weight is 393 g/mol. The van der Waals surface area contributed by atoms with Gasteiger partial charge in [0.1, 0.15) is 12.4 Å². The molecule has 1 saturated heterocycles. The molecule has 1 unspecified atom stereocenters. The van der Waals surface area contributed by atoms with Crippen LogP contribution in [0, 0.1) is 0 Å². The zero-order valence-corrected chi connectivity index (χ0v) is 16.2. The molecule has 1 aliphatic heterocycles. The van der Waals surface area contributed by atoms with Crippen molar-refractivity contribution in [1.82, 2.24) is 20.0 Å². The summed E-state index contributed by atoms with van der Waals surface area (Å²) in [6.07, 6.45) is 3.72. The zero-order chi connectivity index (χ0) is 20.1. The van der Waals surface area contributed by atoms with E-state index in [1.807, 2.05) is 6.07 Å². The van der Waals surface area contributed by atoms with E-state index in [1.54, 1.807) is 18.3 Å². The number of nitrogens with zero attached hydrogens (tertiary/aromatic N) is 4. The van der Waals surface area contributed by atoms with Gasteiger partial charge < -0.3 is 14.6 Å². The van der Waals surface area contributed by atoms with Crippen LogP contribution in [0.25, 0.3) is 11.4 Å². The van der Waals surface area contributed by atoms with Crippen LogP contribution in [-0.4, -0.2) is 46.2 Å². The Bertz CT molecular complexity index is 942. The number of amides is 1. The lowest BCUT2D eigenvalue weighted by Crippen LogP contribution is -2.22. The molecule has 1 amide bonds. The first-order valence-electron chi connectivity index (χ1n) is 9.60. The first-order chi connectivity index (χ1) is 14.2. The Morgan fingerprint density at radius 2 is 2.14 bits per heavy atom. The minimum absolute atomic E-state index is 0.0154. The molecular formula is C21H23N5O3. The van der Waals surface area contributed by atoms with Crippen molar-refractivity contribution in [2.45, 2.75) is 25.4 Å². The highest BCUT2D eigenvalue weighted by molar-refractivity contribution is 5.90. The fraction of sp³-hybridized carbons (Fsp3) is 0.333. The van der Waals surface area contributed by atoms with Gasteiger partial charge in [-0.1, -0.05) is 35.5 Å². The van der Waals surface area contributed by atoms with Crippen molar-refractivity contribution in [3.63, 3.8) is 0 Å². The monoisotopic (exact) mass is 393 g/mol. The van der Waals surface area contributed by atoms with E-state index in [2.05, 4.69) is 49.6 Å². The smallest absolute Gasteiger partial charge is 0.251 e. The molecule has 2 aromatic heterocycles. The highest BCUT2D eigenvalue weighted by Crippen LogP contribution is 2.33. The van der Waals surface area contributed by atoms with Crippen LogP contribution in [0.15, 0.2) is 53.2 Å². The van der Waals surface area contributed by atoms with Gasteiger partial charge in [-0.05, 0) is 37.1 Å². The highest BCUT2D eigenvalue weighted by Gasteiger charge is 2.30. The number of carbonyl (C=O) groups excluding carboxylic acids is 1. The average Bonchev–Trinajstić information content (AvgIpc) is 3.39. The zero-order valence-electron chi connectivity index (χ0n) is 16.2. The fourth-order valence-electron chi connectivity index (χ4n) is 3.51. The van der Waals surface area contributed by atoms with Gasteiger partial charge in [-0.15, -0.1) is 0 Å². The SMILES string of the molecule is COCC(=O)Nc1ccc(-c2noc(C3CCCN3Cc3ccccc3)n2)cn1. The molecule has 1 aliphatic rings. The van der Waals surface area contributed by atoms with Gasteiger partial charge >= 0.3 is 0 Å². The van der Waals surface area contributed by atoms with Crippen molar-refractivity contribution in [3.05, 3.63) is 60.1 Å². The molecule has 1 fully saturated rings. The van der Waals surface area contributed by atoms with Gasteiger partial charge in [0.25, 0.3) is 5.91 Å². The van der Waals surface area contributed by atoms with Crippen LogP contribution in [0.1, 0.15) is 30.3 Å². The summed E-state index contributed by atoms with van der Waals surface area (Å²) in [5, 5.41) is 6.79. The van der Waals surface area contributed by atoms with Crippen LogP contribution >= 0.6 is 0 Å². The van der Waals surface area contributed by atoms with Crippen molar-refractivity contribution in [2.24, 2.45) is 0 Å². The van der Waals surface area contributed by atoms with Gasteiger partial charge in [-0.25, -0.2) is 4.98 Å². The highest BCUT2D eigenvalue weighted by atomic mass is 16.5. The normalized spacial score (nSPS) is 16.8. The van der Waals surface area contributed by atoms with E-state index < -0.39 is 0 Å². The van der Waals surface area contributed by atoms with Crippen molar-refractivity contribution >= 4 is 11.7 Å².